The molecule has 1 aliphatic heterocycles. The Labute approximate surface area is 132 Å². The van der Waals surface area contributed by atoms with Crippen LogP contribution in [-0.4, -0.2) is 47.0 Å². The Morgan fingerprint density at radius 2 is 2.16 bits per heavy atom. The maximum absolute atomic E-state index is 5.81. The van der Waals surface area contributed by atoms with Gasteiger partial charge in [0, 0.05) is 47.5 Å². The first-order valence-corrected chi connectivity index (χ1v) is 8.67. The van der Waals surface area contributed by atoms with Gasteiger partial charge in [0.1, 0.15) is 0 Å². The Morgan fingerprint density at radius 3 is 2.63 bits per heavy atom. The van der Waals surface area contributed by atoms with Gasteiger partial charge in [0.05, 0.1) is 11.0 Å². The van der Waals surface area contributed by atoms with Crippen molar-refractivity contribution in [2.45, 2.75) is 25.9 Å². The van der Waals surface area contributed by atoms with Crippen LogP contribution in [0.25, 0.3) is 0 Å². The van der Waals surface area contributed by atoms with Crippen molar-refractivity contribution in [2.24, 2.45) is 5.73 Å². The zero-order valence-electron chi connectivity index (χ0n) is 11.1. The molecular weight excluding hydrogens is 342 g/mol. The van der Waals surface area contributed by atoms with Crippen LogP contribution in [0.4, 0.5) is 0 Å². The minimum Gasteiger partial charge on any atom is -0.392 e. The molecule has 0 saturated carbocycles. The molecule has 2 rings (SSSR count). The Morgan fingerprint density at radius 1 is 1.47 bits per heavy atom. The molecule has 19 heavy (non-hydrogen) atoms. The first-order chi connectivity index (χ1) is 9.10. The minimum absolute atomic E-state index is 0.271. The summed E-state index contributed by atoms with van der Waals surface area (Å²) >= 11 is 10.5. The quantitative estimate of drug-likeness (QED) is 0.817. The second-order valence-corrected chi connectivity index (χ2v) is 7.25. The molecule has 3 nitrogen and oxygen atoms in total. The van der Waals surface area contributed by atoms with E-state index in [0.717, 1.165) is 39.1 Å². The van der Waals surface area contributed by atoms with Crippen LogP contribution in [0.15, 0.2) is 15.9 Å². The van der Waals surface area contributed by atoms with Crippen molar-refractivity contribution in [3.63, 3.8) is 0 Å². The van der Waals surface area contributed by atoms with Gasteiger partial charge in [-0.25, -0.2) is 0 Å². The lowest BCUT2D eigenvalue weighted by Crippen LogP contribution is -2.53. The minimum atomic E-state index is 0.271. The molecule has 0 amide bonds. The van der Waals surface area contributed by atoms with Crippen molar-refractivity contribution in [1.29, 1.82) is 0 Å². The number of hydrogen-bond donors (Lipinski definition) is 1. The van der Waals surface area contributed by atoms with E-state index in [-0.39, 0.29) is 6.04 Å². The largest absolute Gasteiger partial charge is 0.392 e. The highest BCUT2D eigenvalue weighted by atomic mass is 79.9. The molecule has 0 spiro atoms. The number of nitrogens with two attached hydrogens (primary N) is 1. The number of thiocarbonyl (C=S) groups is 1. The van der Waals surface area contributed by atoms with E-state index in [0.29, 0.717) is 4.99 Å². The summed E-state index contributed by atoms with van der Waals surface area (Å²) in [4.78, 5) is 6.98. The molecule has 0 radical (unpaired) electrons. The third kappa shape index (κ3) is 4.23. The Kier molecular flexibility index (Phi) is 5.77. The van der Waals surface area contributed by atoms with Crippen LogP contribution in [-0.2, 0) is 6.54 Å². The zero-order chi connectivity index (χ0) is 13.8. The van der Waals surface area contributed by atoms with Gasteiger partial charge in [0.2, 0.25) is 0 Å². The van der Waals surface area contributed by atoms with Gasteiger partial charge < -0.3 is 5.73 Å². The lowest BCUT2D eigenvalue weighted by atomic mass is 10.1. The summed E-state index contributed by atoms with van der Waals surface area (Å²) in [6.45, 7) is 7.50. The van der Waals surface area contributed by atoms with Gasteiger partial charge in [0.25, 0.3) is 0 Å². The fourth-order valence-corrected chi connectivity index (χ4v) is 4.34. The van der Waals surface area contributed by atoms with Gasteiger partial charge >= 0.3 is 0 Å². The number of halogens is 1. The van der Waals surface area contributed by atoms with E-state index in [4.69, 9.17) is 18.0 Å². The highest BCUT2D eigenvalue weighted by Gasteiger charge is 2.24. The topological polar surface area (TPSA) is 32.5 Å². The fraction of sp³-hybridized carbons (Fsp3) is 0.615. The SMILES string of the molecule is CCC(C(N)=S)N1CCN(Cc2cc(Br)cs2)CC1. The maximum atomic E-state index is 5.81. The molecule has 6 heteroatoms. The van der Waals surface area contributed by atoms with Crippen molar-refractivity contribution >= 4 is 44.5 Å². The Hall–Kier alpha value is -0.0100. The van der Waals surface area contributed by atoms with Gasteiger partial charge in [-0.3, -0.25) is 9.80 Å². The molecular formula is C13H20BrN3S2. The van der Waals surface area contributed by atoms with Gasteiger partial charge in [-0.05, 0) is 28.4 Å². The molecule has 1 aromatic heterocycles. The molecule has 1 aromatic rings. The molecule has 2 heterocycles. The number of rotatable bonds is 5. The normalized spacial score (nSPS) is 19.5. The van der Waals surface area contributed by atoms with Crippen molar-refractivity contribution in [3.8, 4) is 0 Å². The van der Waals surface area contributed by atoms with Gasteiger partial charge in [-0.2, -0.15) is 0 Å². The number of piperazine rings is 1. The third-order valence-corrected chi connectivity index (χ3v) is 5.52. The molecule has 1 saturated heterocycles. The van der Waals surface area contributed by atoms with E-state index in [1.165, 1.54) is 9.35 Å². The molecule has 0 aliphatic carbocycles. The van der Waals surface area contributed by atoms with E-state index in [1.54, 1.807) is 0 Å². The maximum Gasteiger partial charge on any atom is 0.0901 e. The summed E-state index contributed by atoms with van der Waals surface area (Å²) in [5, 5.41) is 2.14. The van der Waals surface area contributed by atoms with Crippen LogP contribution in [0.1, 0.15) is 18.2 Å². The predicted molar refractivity (Wildman–Crippen MR) is 89.7 cm³/mol. The van der Waals surface area contributed by atoms with Crippen molar-refractivity contribution in [2.75, 3.05) is 26.2 Å². The standard InChI is InChI=1S/C13H20BrN3S2/c1-2-12(13(15)18)17-5-3-16(4-6-17)8-11-7-10(14)9-19-11/h7,9,12H,2-6,8H2,1H3,(H2,15,18). The van der Waals surface area contributed by atoms with Crippen LogP contribution < -0.4 is 5.73 Å². The predicted octanol–water partition coefficient (Wildman–Crippen LogP) is 2.69. The van der Waals surface area contributed by atoms with E-state index in [9.17, 15) is 0 Å². The van der Waals surface area contributed by atoms with E-state index < -0.39 is 0 Å². The van der Waals surface area contributed by atoms with Crippen molar-refractivity contribution in [1.82, 2.24) is 9.80 Å². The fourth-order valence-electron chi connectivity index (χ4n) is 2.53. The van der Waals surface area contributed by atoms with Crippen LogP contribution in [0.2, 0.25) is 0 Å². The van der Waals surface area contributed by atoms with E-state index >= 15 is 0 Å². The third-order valence-electron chi connectivity index (χ3n) is 3.56. The van der Waals surface area contributed by atoms with Crippen molar-refractivity contribution in [3.05, 3.63) is 20.8 Å². The molecule has 1 aliphatic rings. The molecule has 1 atom stereocenters. The molecule has 106 valence electrons. The van der Waals surface area contributed by atoms with Crippen LogP contribution in [0, 0.1) is 0 Å². The Bertz CT molecular complexity index is 427. The molecule has 1 unspecified atom stereocenters. The van der Waals surface area contributed by atoms with Gasteiger partial charge in [-0.15, -0.1) is 11.3 Å². The summed E-state index contributed by atoms with van der Waals surface area (Å²) in [6.07, 6.45) is 1.01. The number of nitrogens with zero attached hydrogens (tertiary/aromatic N) is 2. The zero-order valence-corrected chi connectivity index (χ0v) is 14.4. The number of thiophene rings is 1. The summed E-state index contributed by atoms with van der Waals surface area (Å²) in [5.74, 6) is 0. The van der Waals surface area contributed by atoms with Crippen LogP contribution >= 0.6 is 39.5 Å². The summed E-state index contributed by atoms with van der Waals surface area (Å²) in [6, 6.07) is 2.48. The summed E-state index contributed by atoms with van der Waals surface area (Å²) in [7, 11) is 0. The van der Waals surface area contributed by atoms with Gasteiger partial charge in [0.15, 0.2) is 0 Å². The second-order valence-electron chi connectivity index (χ2n) is 4.87. The number of hydrogen-bond acceptors (Lipinski definition) is 4. The van der Waals surface area contributed by atoms with E-state index in [1.807, 2.05) is 11.3 Å². The second kappa shape index (κ2) is 7.13. The summed E-state index contributed by atoms with van der Waals surface area (Å²) < 4.78 is 1.19. The average molecular weight is 362 g/mol. The molecule has 0 aromatic carbocycles. The Balaban J connectivity index is 1.83. The van der Waals surface area contributed by atoms with E-state index in [2.05, 4.69) is 44.1 Å². The van der Waals surface area contributed by atoms with Gasteiger partial charge in [-0.1, -0.05) is 19.1 Å². The van der Waals surface area contributed by atoms with Crippen LogP contribution in [0.3, 0.4) is 0 Å². The molecule has 2 N–H and O–H groups in total. The first-order valence-electron chi connectivity index (χ1n) is 6.58. The van der Waals surface area contributed by atoms with Crippen LogP contribution in [0.5, 0.6) is 0 Å². The lowest BCUT2D eigenvalue weighted by Gasteiger charge is -2.38. The average Bonchev–Trinajstić information content (AvgIpc) is 2.77. The highest BCUT2D eigenvalue weighted by Crippen LogP contribution is 2.22. The van der Waals surface area contributed by atoms with Crippen molar-refractivity contribution < 1.29 is 0 Å². The highest BCUT2D eigenvalue weighted by molar-refractivity contribution is 9.10. The smallest absolute Gasteiger partial charge is 0.0901 e. The molecule has 1 fully saturated rings. The lowest BCUT2D eigenvalue weighted by molar-refractivity contribution is 0.112. The monoisotopic (exact) mass is 361 g/mol. The summed E-state index contributed by atoms with van der Waals surface area (Å²) in [5.41, 5.74) is 5.81. The molecule has 0 bridgehead atoms. The first kappa shape index (κ1) is 15.4.